The summed E-state index contributed by atoms with van der Waals surface area (Å²) < 4.78 is 0. The van der Waals surface area contributed by atoms with Crippen LogP contribution in [0.5, 0.6) is 0 Å². The van der Waals surface area contributed by atoms with Crippen molar-refractivity contribution in [2.75, 3.05) is 23.8 Å². The van der Waals surface area contributed by atoms with Crippen molar-refractivity contribution >= 4 is 11.6 Å². The Balaban J connectivity index is 2.24. The van der Waals surface area contributed by atoms with Gasteiger partial charge in [0.25, 0.3) is 0 Å². The molecule has 5 nitrogen and oxygen atoms in total. The standard InChI is InChI=1S/C14H19N5/c1-4-19(10-12-7-5-6-8-16-12)14-9-13(15-3)17-11(2)18-14/h5-9H,4,10H2,1-3H3,(H,15,17,18). The second kappa shape index (κ2) is 6.13. The van der Waals surface area contributed by atoms with Gasteiger partial charge in [0, 0.05) is 25.9 Å². The van der Waals surface area contributed by atoms with Crippen molar-refractivity contribution in [2.24, 2.45) is 0 Å². The molecule has 0 radical (unpaired) electrons. The quantitative estimate of drug-likeness (QED) is 0.890. The lowest BCUT2D eigenvalue weighted by atomic mass is 10.3. The summed E-state index contributed by atoms with van der Waals surface area (Å²) in [6, 6.07) is 7.91. The number of aryl methyl sites for hydroxylation is 1. The minimum Gasteiger partial charge on any atom is -0.373 e. The molecular formula is C14H19N5. The van der Waals surface area contributed by atoms with Gasteiger partial charge < -0.3 is 10.2 Å². The smallest absolute Gasteiger partial charge is 0.134 e. The molecule has 0 spiro atoms. The van der Waals surface area contributed by atoms with Crippen molar-refractivity contribution < 1.29 is 0 Å². The Hall–Kier alpha value is -2.17. The van der Waals surface area contributed by atoms with E-state index in [2.05, 4.69) is 32.1 Å². The molecule has 0 aliphatic rings. The third-order valence-corrected chi connectivity index (χ3v) is 2.87. The molecule has 0 aliphatic heterocycles. The molecule has 2 heterocycles. The molecule has 19 heavy (non-hydrogen) atoms. The fraction of sp³-hybridized carbons (Fsp3) is 0.357. The number of pyridine rings is 1. The summed E-state index contributed by atoms with van der Waals surface area (Å²) in [5, 5.41) is 3.06. The van der Waals surface area contributed by atoms with Crippen molar-refractivity contribution in [3.05, 3.63) is 42.0 Å². The minimum absolute atomic E-state index is 0.747. The highest BCUT2D eigenvalue weighted by Gasteiger charge is 2.09. The van der Waals surface area contributed by atoms with E-state index >= 15 is 0 Å². The van der Waals surface area contributed by atoms with Gasteiger partial charge in [0.2, 0.25) is 0 Å². The maximum Gasteiger partial charge on any atom is 0.134 e. The molecule has 0 aliphatic carbocycles. The van der Waals surface area contributed by atoms with Crippen LogP contribution in [0.1, 0.15) is 18.4 Å². The number of nitrogens with zero attached hydrogens (tertiary/aromatic N) is 4. The van der Waals surface area contributed by atoms with Gasteiger partial charge in [0.1, 0.15) is 17.5 Å². The summed E-state index contributed by atoms with van der Waals surface area (Å²) in [6.45, 7) is 5.63. The SMILES string of the molecule is CCN(Cc1ccccn1)c1cc(NC)nc(C)n1. The van der Waals surface area contributed by atoms with Gasteiger partial charge in [-0.25, -0.2) is 9.97 Å². The van der Waals surface area contributed by atoms with Crippen LogP contribution in [0.4, 0.5) is 11.6 Å². The van der Waals surface area contributed by atoms with Crippen molar-refractivity contribution in [3.8, 4) is 0 Å². The normalized spacial score (nSPS) is 10.3. The maximum absolute atomic E-state index is 4.50. The van der Waals surface area contributed by atoms with Crippen LogP contribution in [0.2, 0.25) is 0 Å². The molecule has 0 aromatic carbocycles. The Kier molecular flexibility index (Phi) is 4.28. The Bertz CT molecular complexity index is 527. The first-order valence-corrected chi connectivity index (χ1v) is 6.41. The Morgan fingerprint density at radius 1 is 1.26 bits per heavy atom. The molecule has 0 bridgehead atoms. The fourth-order valence-electron chi connectivity index (χ4n) is 1.88. The molecule has 0 amide bonds. The largest absolute Gasteiger partial charge is 0.373 e. The lowest BCUT2D eigenvalue weighted by molar-refractivity contribution is 0.787. The predicted molar refractivity (Wildman–Crippen MR) is 77.3 cm³/mol. The number of nitrogens with one attached hydrogen (secondary N) is 1. The molecule has 100 valence electrons. The van der Waals surface area contributed by atoms with Gasteiger partial charge in [-0.1, -0.05) is 6.07 Å². The van der Waals surface area contributed by atoms with Crippen molar-refractivity contribution in [3.63, 3.8) is 0 Å². The summed E-state index contributed by atoms with van der Waals surface area (Å²) >= 11 is 0. The van der Waals surface area contributed by atoms with E-state index in [1.807, 2.05) is 44.4 Å². The number of aromatic nitrogens is 3. The summed E-state index contributed by atoms with van der Waals surface area (Å²) in [6.07, 6.45) is 1.81. The molecule has 1 N–H and O–H groups in total. The Morgan fingerprint density at radius 2 is 2.11 bits per heavy atom. The van der Waals surface area contributed by atoms with Gasteiger partial charge in [0.15, 0.2) is 0 Å². The molecule has 2 rings (SSSR count). The Labute approximate surface area is 113 Å². The van der Waals surface area contributed by atoms with E-state index in [1.54, 1.807) is 0 Å². The van der Waals surface area contributed by atoms with Gasteiger partial charge in [-0.2, -0.15) is 0 Å². The van der Waals surface area contributed by atoms with Crippen LogP contribution in [0.3, 0.4) is 0 Å². The zero-order valence-electron chi connectivity index (χ0n) is 11.6. The monoisotopic (exact) mass is 257 g/mol. The molecular weight excluding hydrogens is 238 g/mol. The molecule has 5 heteroatoms. The topological polar surface area (TPSA) is 53.9 Å². The number of hydrogen-bond acceptors (Lipinski definition) is 5. The third-order valence-electron chi connectivity index (χ3n) is 2.87. The van der Waals surface area contributed by atoms with E-state index < -0.39 is 0 Å². The van der Waals surface area contributed by atoms with Crippen molar-refractivity contribution in [2.45, 2.75) is 20.4 Å². The van der Waals surface area contributed by atoms with E-state index in [1.165, 1.54) is 0 Å². The lowest BCUT2D eigenvalue weighted by Gasteiger charge is -2.22. The van der Waals surface area contributed by atoms with Gasteiger partial charge in [0.05, 0.1) is 12.2 Å². The second-order valence-electron chi connectivity index (χ2n) is 4.24. The Morgan fingerprint density at radius 3 is 2.74 bits per heavy atom. The average molecular weight is 257 g/mol. The van der Waals surface area contributed by atoms with Crippen LogP contribution in [0, 0.1) is 6.92 Å². The second-order valence-corrected chi connectivity index (χ2v) is 4.24. The highest BCUT2D eigenvalue weighted by molar-refractivity contribution is 5.49. The summed E-state index contributed by atoms with van der Waals surface area (Å²) in [4.78, 5) is 15.3. The average Bonchev–Trinajstić information content (AvgIpc) is 2.45. The summed E-state index contributed by atoms with van der Waals surface area (Å²) in [7, 11) is 1.86. The first-order valence-electron chi connectivity index (χ1n) is 6.41. The molecule has 2 aromatic heterocycles. The predicted octanol–water partition coefficient (Wildman–Crippen LogP) is 2.25. The van der Waals surface area contributed by atoms with Gasteiger partial charge in [-0.3, -0.25) is 4.98 Å². The van der Waals surface area contributed by atoms with Crippen LogP contribution < -0.4 is 10.2 Å². The minimum atomic E-state index is 0.747. The number of anilines is 2. The number of rotatable bonds is 5. The lowest BCUT2D eigenvalue weighted by Crippen LogP contribution is -2.24. The van der Waals surface area contributed by atoms with Gasteiger partial charge >= 0.3 is 0 Å². The zero-order valence-corrected chi connectivity index (χ0v) is 11.6. The van der Waals surface area contributed by atoms with Crippen LogP contribution in [-0.2, 0) is 6.54 Å². The van der Waals surface area contributed by atoms with E-state index in [0.29, 0.717) is 0 Å². The third kappa shape index (κ3) is 3.40. The van der Waals surface area contributed by atoms with Crippen LogP contribution >= 0.6 is 0 Å². The molecule has 0 atom stereocenters. The van der Waals surface area contributed by atoms with Crippen molar-refractivity contribution in [1.29, 1.82) is 0 Å². The first kappa shape index (κ1) is 13.3. The molecule has 0 fully saturated rings. The summed E-state index contributed by atoms with van der Waals surface area (Å²) in [5.74, 6) is 2.52. The zero-order chi connectivity index (χ0) is 13.7. The van der Waals surface area contributed by atoms with E-state index in [4.69, 9.17) is 0 Å². The molecule has 2 aromatic rings. The highest BCUT2D eigenvalue weighted by atomic mass is 15.2. The fourth-order valence-corrected chi connectivity index (χ4v) is 1.88. The van der Waals surface area contributed by atoms with Crippen LogP contribution in [0.15, 0.2) is 30.5 Å². The van der Waals surface area contributed by atoms with Gasteiger partial charge in [-0.15, -0.1) is 0 Å². The van der Waals surface area contributed by atoms with E-state index in [-0.39, 0.29) is 0 Å². The molecule has 0 unspecified atom stereocenters. The highest BCUT2D eigenvalue weighted by Crippen LogP contribution is 2.17. The van der Waals surface area contributed by atoms with E-state index in [0.717, 1.165) is 36.2 Å². The van der Waals surface area contributed by atoms with Crippen LogP contribution in [0.25, 0.3) is 0 Å². The molecule has 0 saturated carbocycles. The van der Waals surface area contributed by atoms with Crippen LogP contribution in [-0.4, -0.2) is 28.5 Å². The molecule has 0 saturated heterocycles. The van der Waals surface area contributed by atoms with Crippen molar-refractivity contribution in [1.82, 2.24) is 15.0 Å². The van der Waals surface area contributed by atoms with Gasteiger partial charge in [-0.05, 0) is 26.0 Å². The maximum atomic E-state index is 4.50. The summed E-state index contributed by atoms with van der Waals surface area (Å²) in [5.41, 5.74) is 1.03. The van der Waals surface area contributed by atoms with E-state index in [9.17, 15) is 0 Å². The first-order chi connectivity index (χ1) is 9.22. The number of hydrogen-bond donors (Lipinski definition) is 1.